The smallest absolute Gasteiger partial charge is 0.348 e. The lowest BCUT2D eigenvalue weighted by Crippen LogP contribution is -2.30. The van der Waals surface area contributed by atoms with Gasteiger partial charge in [-0.3, -0.25) is 4.79 Å². The lowest BCUT2D eigenvalue weighted by atomic mass is 10.1. The van der Waals surface area contributed by atoms with E-state index in [1.54, 1.807) is 34.0 Å². The normalized spacial score (nSPS) is 11.5. The predicted octanol–water partition coefficient (Wildman–Crippen LogP) is 1.80. The minimum absolute atomic E-state index is 0.0783. The summed E-state index contributed by atoms with van der Waals surface area (Å²) in [6, 6.07) is 10.0. The van der Waals surface area contributed by atoms with Gasteiger partial charge < -0.3 is 9.55 Å². The zero-order valence-electron chi connectivity index (χ0n) is 15.3. The Morgan fingerprint density at radius 1 is 1.14 bits per heavy atom. The van der Waals surface area contributed by atoms with Crippen molar-refractivity contribution in [1.82, 2.24) is 29.6 Å². The van der Waals surface area contributed by atoms with Gasteiger partial charge >= 0.3 is 5.78 Å². The fraction of sp³-hybridized carbons (Fsp3) is 0.150. The van der Waals surface area contributed by atoms with Crippen LogP contribution >= 0.6 is 0 Å². The van der Waals surface area contributed by atoms with Crippen molar-refractivity contribution >= 4 is 16.7 Å². The summed E-state index contributed by atoms with van der Waals surface area (Å²) in [6.45, 7) is 2.61. The molecule has 1 aromatic carbocycles. The van der Waals surface area contributed by atoms with E-state index in [-0.39, 0.29) is 5.56 Å². The van der Waals surface area contributed by atoms with Crippen LogP contribution in [-0.2, 0) is 13.0 Å². The van der Waals surface area contributed by atoms with Crippen LogP contribution in [0.3, 0.4) is 0 Å². The summed E-state index contributed by atoms with van der Waals surface area (Å²) in [7, 11) is 0. The van der Waals surface area contributed by atoms with E-state index in [2.05, 4.69) is 25.0 Å². The molecule has 0 bridgehead atoms. The Hall–Kier alpha value is -3.81. The first-order valence-electron chi connectivity index (χ1n) is 9.03. The Morgan fingerprint density at radius 3 is 2.79 bits per heavy atom. The number of pyridine rings is 1. The van der Waals surface area contributed by atoms with Crippen LogP contribution in [0.2, 0.25) is 0 Å². The Morgan fingerprint density at radius 2 is 2.00 bits per heavy atom. The number of aryl methyl sites for hydroxylation is 3. The number of fused-ring (bicyclic) bond motifs is 3. The molecule has 8 nitrogen and oxygen atoms in total. The number of imidazole rings is 1. The summed E-state index contributed by atoms with van der Waals surface area (Å²) in [5.41, 5.74) is 3.82. The second-order valence-electron chi connectivity index (χ2n) is 6.77. The molecule has 5 aromatic rings. The lowest BCUT2D eigenvalue weighted by Gasteiger charge is -2.05. The average Bonchev–Trinajstić information content (AvgIpc) is 3.37. The second-order valence-corrected chi connectivity index (χ2v) is 6.77. The maximum Gasteiger partial charge on any atom is 0.457 e. The fourth-order valence-electron chi connectivity index (χ4n) is 3.29. The van der Waals surface area contributed by atoms with E-state index in [0.717, 1.165) is 16.8 Å². The molecule has 0 unspecified atom stereocenters. The molecule has 0 saturated heterocycles. The van der Waals surface area contributed by atoms with E-state index < -0.39 is 0 Å². The number of nitrogens with zero attached hydrogens (tertiary/aromatic N) is 5. The van der Waals surface area contributed by atoms with Gasteiger partial charge in [0, 0.05) is 36.6 Å². The number of aromatic amines is 2. The number of rotatable bonds is 4. The van der Waals surface area contributed by atoms with Crippen molar-refractivity contribution in [3.8, 4) is 11.4 Å². The maximum absolute atomic E-state index is 12.9. The Bertz CT molecular complexity index is 1330. The third kappa shape index (κ3) is 2.75. The lowest BCUT2D eigenvalue weighted by molar-refractivity contribution is -0.550. The third-order valence-electron chi connectivity index (χ3n) is 4.86. The highest BCUT2D eigenvalue weighted by molar-refractivity contribution is 5.74. The van der Waals surface area contributed by atoms with Crippen molar-refractivity contribution in [2.24, 2.45) is 0 Å². The predicted molar refractivity (Wildman–Crippen MR) is 104 cm³/mol. The standard InChI is InChI=1S/C20H17N7O/c1-13-2-4-14(5-3-13)18-24-20-22-11-16-17(27(20)25-18)7-9-26(19(16)28)8-6-15-10-21-12-23-15/h2-5,7,9-12H,6,8H2,1H3,(H,21,23)/p+1. The van der Waals surface area contributed by atoms with Crippen LogP contribution in [-0.4, -0.2) is 29.6 Å². The molecule has 0 aliphatic heterocycles. The SMILES string of the molecule is Cc1ccc(-c2nc3ncc4c(=O)n(CCc5cnc[nH]5)ccc4[n+]3[nH]2)cc1. The minimum Gasteiger partial charge on any atom is -0.348 e. The molecule has 0 fully saturated rings. The first kappa shape index (κ1) is 16.4. The van der Waals surface area contributed by atoms with Crippen LogP contribution in [0.15, 0.2) is 60.0 Å². The zero-order valence-corrected chi connectivity index (χ0v) is 15.3. The van der Waals surface area contributed by atoms with E-state index in [0.29, 0.717) is 30.0 Å². The van der Waals surface area contributed by atoms with Gasteiger partial charge in [0.05, 0.1) is 6.33 Å². The monoisotopic (exact) mass is 372 g/mol. The van der Waals surface area contributed by atoms with Crippen molar-refractivity contribution in [1.29, 1.82) is 0 Å². The topological polar surface area (TPSA) is 96.3 Å². The summed E-state index contributed by atoms with van der Waals surface area (Å²) in [5.74, 6) is 1.24. The molecular weight excluding hydrogens is 354 g/mol. The Kier molecular flexibility index (Phi) is 3.75. The Balaban J connectivity index is 1.57. The highest BCUT2D eigenvalue weighted by Crippen LogP contribution is 2.15. The number of H-pyrrole nitrogens is 2. The molecular formula is C20H18N7O+. The van der Waals surface area contributed by atoms with Crippen molar-refractivity contribution < 1.29 is 4.52 Å². The molecule has 4 aromatic heterocycles. The maximum atomic E-state index is 12.9. The van der Waals surface area contributed by atoms with Gasteiger partial charge in [-0.25, -0.2) is 10.1 Å². The van der Waals surface area contributed by atoms with Crippen molar-refractivity contribution in [2.45, 2.75) is 19.9 Å². The number of hydrogen-bond donors (Lipinski definition) is 2. The minimum atomic E-state index is -0.0783. The quantitative estimate of drug-likeness (QED) is 0.470. The van der Waals surface area contributed by atoms with Gasteiger partial charge in [0.1, 0.15) is 17.1 Å². The van der Waals surface area contributed by atoms with Crippen LogP contribution in [0.1, 0.15) is 11.3 Å². The summed E-state index contributed by atoms with van der Waals surface area (Å²) < 4.78 is 3.44. The first-order valence-corrected chi connectivity index (χ1v) is 9.03. The number of nitrogens with one attached hydrogen (secondary N) is 2. The molecule has 2 N–H and O–H groups in total. The van der Waals surface area contributed by atoms with Gasteiger partial charge in [0.2, 0.25) is 5.82 Å². The van der Waals surface area contributed by atoms with Crippen LogP contribution < -0.4 is 10.1 Å². The molecule has 28 heavy (non-hydrogen) atoms. The molecule has 0 amide bonds. The van der Waals surface area contributed by atoms with E-state index in [1.165, 1.54) is 5.56 Å². The van der Waals surface area contributed by atoms with Crippen LogP contribution in [0.25, 0.3) is 28.1 Å². The largest absolute Gasteiger partial charge is 0.457 e. The number of hydrogen-bond acceptors (Lipinski definition) is 4. The summed E-state index contributed by atoms with van der Waals surface area (Å²) in [5, 5.41) is 3.80. The molecule has 0 spiro atoms. The molecule has 0 aliphatic rings. The molecule has 0 saturated carbocycles. The number of aromatic nitrogens is 7. The van der Waals surface area contributed by atoms with Gasteiger partial charge in [0.25, 0.3) is 5.56 Å². The van der Waals surface area contributed by atoms with E-state index >= 15 is 0 Å². The van der Waals surface area contributed by atoms with Gasteiger partial charge in [-0.1, -0.05) is 22.7 Å². The first-order chi connectivity index (χ1) is 13.7. The van der Waals surface area contributed by atoms with Crippen LogP contribution in [0.5, 0.6) is 0 Å². The highest BCUT2D eigenvalue weighted by atomic mass is 16.1. The van der Waals surface area contributed by atoms with Gasteiger partial charge in [0.15, 0.2) is 0 Å². The van der Waals surface area contributed by atoms with Crippen LogP contribution in [0.4, 0.5) is 0 Å². The summed E-state index contributed by atoms with van der Waals surface area (Å²) in [6.07, 6.45) is 7.51. The van der Waals surface area contributed by atoms with Crippen molar-refractivity contribution in [3.63, 3.8) is 0 Å². The summed E-state index contributed by atoms with van der Waals surface area (Å²) in [4.78, 5) is 28.9. The van der Waals surface area contributed by atoms with Crippen molar-refractivity contribution in [3.05, 3.63) is 76.9 Å². The number of benzene rings is 1. The third-order valence-corrected chi connectivity index (χ3v) is 4.86. The van der Waals surface area contributed by atoms with Gasteiger partial charge in [-0.15, -0.1) is 4.52 Å². The molecule has 5 rings (SSSR count). The van der Waals surface area contributed by atoms with Gasteiger partial charge in [-0.2, -0.15) is 0 Å². The van der Waals surface area contributed by atoms with E-state index in [9.17, 15) is 4.79 Å². The molecule has 0 radical (unpaired) electrons. The molecule has 138 valence electrons. The second kappa shape index (κ2) is 6.41. The summed E-state index contributed by atoms with van der Waals surface area (Å²) >= 11 is 0. The molecule has 0 aliphatic carbocycles. The van der Waals surface area contributed by atoms with E-state index in [1.807, 2.05) is 37.3 Å². The fourth-order valence-corrected chi connectivity index (χ4v) is 3.29. The van der Waals surface area contributed by atoms with Crippen molar-refractivity contribution in [2.75, 3.05) is 0 Å². The Labute approximate surface area is 159 Å². The molecule has 8 heteroatoms. The molecule has 4 heterocycles. The van der Waals surface area contributed by atoms with E-state index in [4.69, 9.17) is 0 Å². The highest BCUT2D eigenvalue weighted by Gasteiger charge is 2.19. The van der Waals surface area contributed by atoms with Crippen LogP contribution in [0, 0.1) is 6.92 Å². The molecule has 0 atom stereocenters. The average molecular weight is 372 g/mol. The zero-order chi connectivity index (χ0) is 19.1. The van der Waals surface area contributed by atoms with Gasteiger partial charge in [-0.05, 0) is 30.1 Å².